The van der Waals surface area contributed by atoms with Crippen LogP contribution in [0.3, 0.4) is 0 Å². The topological polar surface area (TPSA) is 62.6 Å². The second kappa shape index (κ2) is 5.60. The van der Waals surface area contributed by atoms with E-state index in [4.69, 9.17) is 4.42 Å². The lowest BCUT2D eigenvalue weighted by atomic mass is 10.2. The van der Waals surface area contributed by atoms with Gasteiger partial charge in [-0.25, -0.2) is 0 Å². The predicted octanol–water partition coefficient (Wildman–Crippen LogP) is 2.06. The quantitative estimate of drug-likeness (QED) is 0.939. The molecule has 0 radical (unpaired) electrons. The second-order valence-electron chi connectivity index (χ2n) is 5.34. The summed E-state index contributed by atoms with van der Waals surface area (Å²) in [5, 5.41) is 3.88. The average molecular weight is 286 g/mol. The molecule has 1 aromatic carbocycles. The smallest absolute Gasteiger partial charge is 0.243 e. The van der Waals surface area contributed by atoms with Gasteiger partial charge in [0.2, 0.25) is 11.8 Å². The molecule has 0 saturated carbocycles. The molecule has 21 heavy (non-hydrogen) atoms. The minimum Gasteiger partial charge on any atom is -0.459 e. The lowest BCUT2D eigenvalue weighted by Gasteiger charge is -2.22. The Labute approximate surface area is 122 Å². The maximum atomic E-state index is 12.2. The van der Waals surface area contributed by atoms with Crippen molar-refractivity contribution in [2.24, 2.45) is 0 Å². The first-order valence-corrected chi connectivity index (χ1v) is 7.17. The van der Waals surface area contributed by atoms with Gasteiger partial charge in [-0.3, -0.25) is 9.59 Å². The Bertz CT molecular complexity index is 644. The third-order valence-corrected chi connectivity index (χ3v) is 3.87. The molecule has 110 valence electrons. The highest BCUT2D eigenvalue weighted by atomic mass is 16.3. The van der Waals surface area contributed by atoms with Crippen molar-refractivity contribution in [3.05, 3.63) is 36.1 Å². The molecule has 2 aromatic rings. The number of hydrogen-bond acceptors (Lipinski definition) is 3. The zero-order valence-electron chi connectivity index (χ0n) is 12.0. The molecule has 1 aliphatic heterocycles. The summed E-state index contributed by atoms with van der Waals surface area (Å²) in [7, 11) is 0. The fraction of sp³-hybridized carbons (Fsp3) is 0.375. The van der Waals surface area contributed by atoms with E-state index in [-0.39, 0.29) is 17.9 Å². The summed E-state index contributed by atoms with van der Waals surface area (Å²) >= 11 is 0. The summed E-state index contributed by atoms with van der Waals surface area (Å²) < 4.78 is 5.66. The molecule has 1 aliphatic rings. The van der Waals surface area contributed by atoms with Crippen molar-refractivity contribution in [2.75, 3.05) is 6.54 Å². The van der Waals surface area contributed by atoms with Crippen LogP contribution in [0.15, 0.2) is 34.7 Å². The molecule has 1 fully saturated rings. The van der Waals surface area contributed by atoms with Crippen molar-refractivity contribution >= 4 is 22.8 Å². The summed E-state index contributed by atoms with van der Waals surface area (Å²) in [5.74, 6) is 0.566. The zero-order chi connectivity index (χ0) is 14.8. The Balaban J connectivity index is 1.64. The highest BCUT2D eigenvalue weighted by Gasteiger charge is 2.32. The lowest BCUT2D eigenvalue weighted by molar-refractivity contribution is -0.136. The summed E-state index contributed by atoms with van der Waals surface area (Å²) in [6, 6.07) is 9.31. The third kappa shape index (κ3) is 2.77. The highest BCUT2D eigenvalue weighted by Crippen LogP contribution is 2.20. The van der Waals surface area contributed by atoms with Crippen molar-refractivity contribution in [3.8, 4) is 0 Å². The summed E-state index contributed by atoms with van der Waals surface area (Å²) in [5.41, 5.74) is 0.813. The van der Waals surface area contributed by atoms with Crippen molar-refractivity contribution < 1.29 is 14.0 Å². The molecular weight excluding hydrogens is 268 g/mol. The number of para-hydroxylation sites is 1. The number of furan rings is 1. The van der Waals surface area contributed by atoms with E-state index in [1.54, 1.807) is 4.90 Å². The zero-order valence-corrected chi connectivity index (χ0v) is 12.0. The number of fused-ring (bicyclic) bond motifs is 1. The van der Waals surface area contributed by atoms with Crippen LogP contribution in [0.1, 0.15) is 25.5 Å². The van der Waals surface area contributed by atoms with Crippen LogP contribution in [0.2, 0.25) is 0 Å². The molecule has 2 amide bonds. The standard InChI is InChI=1S/C16H18N2O3/c1-11(19)18-8-4-6-14(18)16(20)17-10-13-9-12-5-2-3-7-15(12)21-13/h2-3,5,7,9,14H,4,6,8,10H2,1H3,(H,17,20). The molecule has 0 spiro atoms. The Hall–Kier alpha value is -2.30. The molecule has 5 heteroatoms. The van der Waals surface area contributed by atoms with Gasteiger partial charge in [-0.05, 0) is 25.0 Å². The Morgan fingerprint density at radius 3 is 2.95 bits per heavy atom. The maximum absolute atomic E-state index is 12.2. The third-order valence-electron chi connectivity index (χ3n) is 3.87. The number of carbonyl (C=O) groups excluding carboxylic acids is 2. The van der Waals surface area contributed by atoms with E-state index in [0.29, 0.717) is 13.1 Å². The lowest BCUT2D eigenvalue weighted by Crippen LogP contribution is -2.44. The summed E-state index contributed by atoms with van der Waals surface area (Å²) in [6.07, 6.45) is 1.61. The van der Waals surface area contributed by atoms with Gasteiger partial charge in [0.15, 0.2) is 0 Å². The van der Waals surface area contributed by atoms with E-state index in [9.17, 15) is 9.59 Å². The van der Waals surface area contributed by atoms with Crippen LogP contribution in [-0.4, -0.2) is 29.3 Å². The monoisotopic (exact) mass is 286 g/mol. The molecule has 0 aliphatic carbocycles. The Morgan fingerprint density at radius 1 is 1.38 bits per heavy atom. The van der Waals surface area contributed by atoms with Crippen molar-refractivity contribution in [1.29, 1.82) is 0 Å². The van der Waals surface area contributed by atoms with Gasteiger partial charge in [0.25, 0.3) is 0 Å². The van der Waals surface area contributed by atoms with Crippen LogP contribution >= 0.6 is 0 Å². The average Bonchev–Trinajstić information content (AvgIpc) is 3.10. The molecule has 1 N–H and O–H groups in total. The highest BCUT2D eigenvalue weighted by molar-refractivity contribution is 5.87. The molecule has 2 heterocycles. The number of benzene rings is 1. The number of nitrogens with one attached hydrogen (secondary N) is 1. The van der Waals surface area contributed by atoms with Crippen LogP contribution in [-0.2, 0) is 16.1 Å². The fourth-order valence-corrected chi connectivity index (χ4v) is 2.83. The molecule has 0 bridgehead atoms. The molecule has 3 rings (SSSR count). The van der Waals surface area contributed by atoms with Crippen molar-refractivity contribution in [2.45, 2.75) is 32.4 Å². The van der Waals surface area contributed by atoms with E-state index in [1.807, 2.05) is 30.3 Å². The first-order valence-electron chi connectivity index (χ1n) is 7.17. The Morgan fingerprint density at radius 2 is 2.19 bits per heavy atom. The van der Waals surface area contributed by atoms with Gasteiger partial charge >= 0.3 is 0 Å². The van der Waals surface area contributed by atoms with E-state index >= 15 is 0 Å². The molecule has 5 nitrogen and oxygen atoms in total. The van der Waals surface area contributed by atoms with Gasteiger partial charge in [-0.15, -0.1) is 0 Å². The van der Waals surface area contributed by atoms with Gasteiger partial charge < -0.3 is 14.6 Å². The van der Waals surface area contributed by atoms with E-state index < -0.39 is 0 Å². The van der Waals surface area contributed by atoms with Crippen LogP contribution in [0.4, 0.5) is 0 Å². The van der Waals surface area contributed by atoms with Gasteiger partial charge in [-0.2, -0.15) is 0 Å². The number of hydrogen-bond donors (Lipinski definition) is 1. The first kappa shape index (κ1) is 13.7. The number of nitrogens with zero attached hydrogens (tertiary/aromatic N) is 1. The van der Waals surface area contributed by atoms with Gasteiger partial charge in [0.05, 0.1) is 6.54 Å². The molecule has 1 aromatic heterocycles. The minimum atomic E-state index is -0.341. The number of rotatable bonds is 3. The number of likely N-dealkylation sites (tertiary alicyclic amines) is 1. The summed E-state index contributed by atoms with van der Waals surface area (Å²) in [6.45, 7) is 2.51. The minimum absolute atomic E-state index is 0.0450. The van der Waals surface area contributed by atoms with Gasteiger partial charge in [-0.1, -0.05) is 18.2 Å². The van der Waals surface area contributed by atoms with Crippen LogP contribution in [0, 0.1) is 0 Å². The maximum Gasteiger partial charge on any atom is 0.243 e. The van der Waals surface area contributed by atoms with Crippen molar-refractivity contribution in [3.63, 3.8) is 0 Å². The molecular formula is C16H18N2O3. The normalized spacial score (nSPS) is 18.1. The van der Waals surface area contributed by atoms with E-state index in [0.717, 1.165) is 29.6 Å². The molecule has 1 saturated heterocycles. The van der Waals surface area contributed by atoms with Crippen LogP contribution in [0.5, 0.6) is 0 Å². The van der Waals surface area contributed by atoms with Crippen LogP contribution in [0.25, 0.3) is 11.0 Å². The molecule has 1 atom stereocenters. The van der Waals surface area contributed by atoms with E-state index in [1.165, 1.54) is 6.92 Å². The summed E-state index contributed by atoms with van der Waals surface area (Å²) in [4.78, 5) is 25.3. The van der Waals surface area contributed by atoms with Crippen molar-refractivity contribution in [1.82, 2.24) is 10.2 Å². The number of amides is 2. The number of carbonyl (C=O) groups is 2. The Kier molecular flexibility index (Phi) is 3.64. The van der Waals surface area contributed by atoms with Gasteiger partial charge in [0.1, 0.15) is 17.4 Å². The SMILES string of the molecule is CC(=O)N1CCCC1C(=O)NCc1cc2ccccc2o1. The predicted molar refractivity (Wildman–Crippen MR) is 78.5 cm³/mol. The first-order chi connectivity index (χ1) is 10.1. The molecule has 1 unspecified atom stereocenters. The fourth-order valence-electron chi connectivity index (χ4n) is 2.83. The largest absolute Gasteiger partial charge is 0.459 e. The van der Waals surface area contributed by atoms with E-state index in [2.05, 4.69) is 5.32 Å². The van der Waals surface area contributed by atoms with Crippen LogP contribution < -0.4 is 5.32 Å². The van der Waals surface area contributed by atoms with Gasteiger partial charge in [0, 0.05) is 18.9 Å². The second-order valence-corrected chi connectivity index (χ2v) is 5.34.